The van der Waals surface area contributed by atoms with Gasteiger partial charge in [-0.2, -0.15) is 5.10 Å². The maximum Gasteiger partial charge on any atom is 0.188 e. The molecule has 0 spiro atoms. The van der Waals surface area contributed by atoms with Crippen LogP contribution in [0.5, 0.6) is 5.75 Å². The van der Waals surface area contributed by atoms with E-state index in [0.29, 0.717) is 31.1 Å². The Morgan fingerprint density at radius 1 is 1.33 bits per heavy atom. The summed E-state index contributed by atoms with van der Waals surface area (Å²) in [5.41, 5.74) is 6.26. The molecule has 30 heavy (non-hydrogen) atoms. The highest BCUT2D eigenvalue weighted by atomic mass is 35.5. The molecule has 1 saturated carbocycles. The Balaban J connectivity index is 0.00000320. The Bertz CT molecular complexity index is 776. The average Bonchev–Trinajstić information content (AvgIpc) is 3.13. The van der Waals surface area contributed by atoms with E-state index in [1.807, 2.05) is 4.68 Å². The van der Waals surface area contributed by atoms with Gasteiger partial charge in [-0.05, 0) is 44.2 Å². The maximum atomic E-state index is 13.3. The number of benzene rings is 1. The first-order valence-electron chi connectivity index (χ1n) is 10.4. The van der Waals surface area contributed by atoms with Crippen LogP contribution in [-0.4, -0.2) is 45.2 Å². The van der Waals surface area contributed by atoms with Gasteiger partial charge in [0.1, 0.15) is 24.0 Å². The van der Waals surface area contributed by atoms with E-state index in [9.17, 15) is 9.50 Å². The Hall–Kier alpha value is -1.74. The van der Waals surface area contributed by atoms with Crippen LogP contribution in [0.25, 0.3) is 0 Å². The molecule has 0 radical (unpaired) electrons. The molecule has 0 aliphatic heterocycles. The van der Waals surface area contributed by atoms with Crippen LogP contribution in [-0.2, 0) is 17.9 Å². The first-order valence-corrected chi connectivity index (χ1v) is 10.4. The standard InChI is InChI=1S/C21H31FN4O3.ClH/c1-2-11-28-19-12-15(7-8-18(19)23)21-24-20(25-26(21)9-4-10-27)14-29-17-6-3-5-16(22)13-17;/h3,5-6,13,15,18-19,27H,2,4,7-12,14,23H2,1H3;1H/t15-,18+,19+;/m0./s1. The number of aromatic nitrogens is 3. The van der Waals surface area contributed by atoms with Crippen molar-refractivity contribution in [3.05, 3.63) is 41.7 Å². The van der Waals surface area contributed by atoms with Crippen LogP contribution in [0.3, 0.4) is 0 Å². The molecule has 3 atom stereocenters. The van der Waals surface area contributed by atoms with Crippen molar-refractivity contribution in [2.75, 3.05) is 13.2 Å². The van der Waals surface area contributed by atoms with Crippen LogP contribution in [0.2, 0.25) is 0 Å². The quantitative estimate of drug-likeness (QED) is 0.586. The lowest BCUT2D eigenvalue weighted by Gasteiger charge is -2.33. The molecule has 1 aliphatic carbocycles. The number of aryl methyl sites for hydroxylation is 1. The van der Waals surface area contributed by atoms with Gasteiger partial charge < -0.3 is 20.3 Å². The molecule has 3 rings (SSSR count). The topological polar surface area (TPSA) is 95.4 Å². The third-order valence-corrected chi connectivity index (χ3v) is 5.18. The number of ether oxygens (including phenoxy) is 2. The second-order valence-corrected chi connectivity index (χ2v) is 7.52. The zero-order valence-electron chi connectivity index (χ0n) is 17.4. The second kappa shape index (κ2) is 12.2. The minimum absolute atomic E-state index is 0. The molecule has 9 heteroatoms. The Morgan fingerprint density at radius 3 is 2.90 bits per heavy atom. The van der Waals surface area contributed by atoms with E-state index in [2.05, 4.69) is 12.0 Å². The molecule has 0 unspecified atom stereocenters. The predicted octanol–water partition coefficient (Wildman–Crippen LogP) is 3.19. The molecule has 1 aliphatic rings. The summed E-state index contributed by atoms with van der Waals surface area (Å²) in [6, 6.07) is 6.05. The van der Waals surface area contributed by atoms with Gasteiger partial charge in [0, 0.05) is 37.8 Å². The Kier molecular flexibility index (Phi) is 9.97. The molecule has 1 heterocycles. The van der Waals surface area contributed by atoms with E-state index in [0.717, 1.165) is 31.5 Å². The molecule has 0 saturated heterocycles. The number of hydrogen-bond acceptors (Lipinski definition) is 6. The van der Waals surface area contributed by atoms with Crippen LogP contribution in [0, 0.1) is 5.82 Å². The van der Waals surface area contributed by atoms with Gasteiger partial charge in [0.05, 0.1) is 6.10 Å². The molecular weight excluding hydrogens is 411 g/mol. The smallest absolute Gasteiger partial charge is 0.188 e. The number of nitrogens with zero attached hydrogens (tertiary/aromatic N) is 3. The van der Waals surface area contributed by atoms with Gasteiger partial charge in [0.25, 0.3) is 0 Å². The summed E-state index contributed by atoms with van der Waals surface area (Å²) in [4.78, 5) is 4.72. The summed E-state index contributed by atoms with van der Waals surface area (Å²) in [7, 11) is 0. The first kappa shape index (κ1) is 24.5. The highest BCUT2D eigenvalue weighted by Crippen LogP contribution is 2.33. The van der Waals surface area contributed by atoms with Crippen molar-refractivity contribution < 1.29 is 19.0 Å². The fraction of sp³-hybridized carbons (Fsp3) is 0.619. The highest BCUT2D eigenvalue weighted by molar-refractivity contribution is 5.85. The van der Waals surface area contributed by atoms with Crippen molar-refractivity contribution >= 4 is 12.4 Å². The van der Waals surface area contributed by atoms with Crippen molar-refractivity contribution in [3.8, 4) is 5.75 Å². The monoisotopic (exact) mass is 442 g/mol. The number of nitrogens with two attached hydrogens (primary N) is 1. The van der Waals surface area contributed by atoms with E-state index in [1.165, 1.54) is 12.1 Å². The molecule has 168 valence electrons. The molecule has 0 bridgehead atoms. The van der Waals surface area contributed by atoms with Crippen molar-refractivity contribution in [3.63, 3.8) is 0 Å². The van der Waals surface area contributed by atoms with E-state index in [-0.39, 0.29) is 49.5 Å². The zero-order valence-corrected chi connectivity index (χ0v) is 18.2. The third kappa shape index (κ3) is 6.63. The predicted molar refractivity (Wildman–Crippen MR) is 114 cm³/mol. The van der Waals surface area contributed by atoms with Gasteiger partial charge in [0.15, 0.2) is 5.82 Å². The van der Waals surface area contributed by atoms with Gasteiger partial charge in [-0.15, -0.1) is 12.4 Å². The number of aliphatic hydroxyl groups excluding tert-OH is 1. The minimum Gasteiger partial charge on any atom is -0.485 e. The van der Waals surface area contributed by atoms with E-state index >= 15 is 0 Å². The van der Waals surface area contributed by atoms with Gasteiger partial charge in [-0.3, -0.25) is 0 Å². The molecule has 2 aromatic rings. The Morgan fingerprint density at radius 2 is 2.17 bits per heavy atom. The number of hydrogen-bond donors (Lipinski definition) is 2. The summed E-state index contributed by atoms with van der Waals surface area (Å²) in [6.45, 7) is 3.62. The molecule has 0 amide bonds. The lowest BCUT2D eigenvalue weighted by Crippen LogP contribution is -2.42. The van der Waals surface area contributed by atoms with Crippen molar-refractivity contribution in [1.29, 1.82) is 0 Å². The first-order chi connectivity index (χ1) is 14.1. The van der Waals surface area contributed by atoms with Gasteiger partial charge in [-0.1, -0.05) is 13.0 Å². The summed E-state index contributed by atoms with van der Waals surface area (Å²) in [5, 5.41) is 13.8. The maximum absolute atomic E-state index is 13.3. The lowest BCUT2D eigenvalue weighted by molar-refractivity contribution is 0.00858. The van der Waals surface area contributed by atoms with E-state index in [4.69, 9.17) is 20.2 Å². The normalized spacial score (nSPS) is 21.3. The molecule has 7 nitrogen and oxygen atoms in total. The molecule has 1 aromatic heterocycles. The van der Waals surface area contributed by atoms with Crippen LogP contribution >= 0.6 is 12.4 Å². The highest BCUT2D eigenvalue weighted by Gasteiger charge is 2.32. The number of rotatable bonds is 10. The fourth-order valence-electron chi connectivity index (χ4n) is 3.70. The summed E-state index contributed by atoms with van der Waals surface area (Å²) in [6.07, 6.45) is 4.19. The summed E-state index contributed by atoms with van der Waals surface area (Å²) in [5.74, 6) is 1.72. The van der Waals surface area contributed by atoms with Gasteiger partial charge in [0.2, 0.25) is 0 Å². The van der Waals surface area contributed by atoms with Gasteiger partial charge in [-0.25, -0.2) is 14.1 Å². The Labute approximate surface area is 183 Å². The lowest BCUT2D eigenvalue weighted by atomic mass is 9.83. The fourth-order valence-corrected chi connectivity index (χ4v) is 3.70. The van der Waals surface area contributed by atoms with Gasteiger partial charge >= 0.3 is 0 Å². The zero-order chi connectivity index (χ0) is 20.6. The summed E-state index contributed by atoms with van der Waals surface area (Å²) < 4.78 is 26.8. The van der Waals surface area contributed by atoms with Crippen LogP contribution < -0.4 is 10.5 Å². The van der Waals surface area contributed by atoms with Crippen molar-refractivity contribution in [1.82, 2.24) is 14.8 Å². The SMILES string of the molecule is CCCO[C@@H]1C[C@@H](c2nc(COc3cccc(F)c3)nn2CCCO)CC[C@H]1N.Cl. The minimum atomic E-state index is -0.346. The van der Waals surface area contributed by atoms with E-state index < -0.39 is 0 Å². The second-order valence-electron chi connectivity index (χ2n) is 7.52. The average molecular weight is 443 g/mol. The summed E-state index contributed by atoms with van der Waals surface area (Å²) >= 11 is 0. The largest absolute Gasteiger partial charge is 0.485 e. The molecule has 1 aromatic carbocycles. The van der Waals surface area contributed by atoms with Crippen molar-refractivity contribution in [2.45, 2.75) is 70.2 Å². The molecule has 3 N–H and O–H groups in total. The van der Waals surface area contributed by atoms with E-state index in [1.54, 1.807) is 12.1 Å². The third-order valence-electron chi connectivity index (χ3n) is 5.18. The van der Waals surface area contributed by atoms with Crippen LogP contribution in [0.4, 0.5) is 4.39 Å². The number of halogens is 2. The van der Waals surface area contributed by atoms with Crippen LogP contribution in [0.1, 0.15) is 56.6 Å². The molecule has 1 fully saturated rings. The molecular formula is C21H32ClFN4O3. The van der Waals surface area contributed by atoms with Crippen molar-refractivity contribution in [2.24, 2.45) is 5.73 Å². The van der Waals surface area contributed by atoms with Crippen LogP contribution in [0.15, 0.2) is 24.3 Å². The number of aliphatic hydroxyl groups is 1.